The van der Waals surface area contributed by atoms with Crippen molar-refractivity contribution in [3.05, 3.63) is 34.3 Å². The van der Waals surface area contributed by atoms with Gasteiger partial charge in [-0.2, -0.15) is 0 Å². The van der Waals surface area contributed by atoms with Gasteiger partial charge in [-0.15, -0.1) is 12.4 Å². The van der Waals surface area contributed by atoms with Gasteiger partial charge in [0, 0.05) is 23.6 Å². The molecule has 1 heterocycles. The van der Waals surface area contributed by atoms with Crippen LogP contribution >= 0.6 is 28.3 Å². The standard InChI is InChI=1S/C18H26BrNO2.ClH/c19-16-6-2-1-5-14(16)10-12-22-18-8-4-3-7-17(18)20-11-9-15(21)13-20;/h1-2,5-6,15,17-18,21H,3-4,7-13H2;1H/t15-,17-,18-;/m0./s1. The Bertz CT molecular complexity index is 488. The Labute approximate surface area is 153 Å². The third kappa shape index (κ3) is 5.17. The highest BCUT2D eigenvalue weighted by Crippen LogP contribution is 2.28. The van der Waals surface area contributed by atoms with Crippen molar-refractivity contribution in [2.24, 2.45) is 0 Å². The Morgan fingerprint density at radius 1 is 1.17 bits per heavy atom. The van der Waals surface area contributed by atoms with Crippen molar-refractivity contribution in [2.75, 3.05) is 19.7 Å². The van der Waals surface area contributed by atoms with Crippen LogP contribution in [-0.4, -0.2) is 48.0 Å². The monoisotopic (exact) mass is 403 g/mol. The van der Waals surface area contributed by atoms with Gasteiger partial charge in [0.25, 0.3) is 0 Å². The van der Waals surface area contributed by atoms with E-state index in [1.165, 1.54) is 29.3 Å². The van der Waals surface area contributed by atoms with E-state index in [0.717, 1.165) is 39.0 Å². The van der Waals surface area contributed by atoms with E-state index < -0.39 is 0 Å². The van der Waals surface area contributed by atoms with Gasteiger partial charge in [0.15, 0.2) is 0 Å². The summed E-state index contributed by atoms with van der Waals surface area (Å²) in [6.07, 6.45) is 7.01. The Balaban J connectivity index is 0.00000192. The number of rotatable bonds is 5. The van der Waals surface area contributed by atoms with Crippen LogP contribution in [0, 0.1) is 0 Å². The van der Waals surface area contributed by atoms with E-state index in [2.05, 4.69) is 39.0 Å². The first-order valence-electron chi connectivity index (χ1n) is 8.51. The zero-order valence-electron chi connectivity index (χ0n) is 13.5. The molecule has 1 aliphatic carbocycles. The SMILES string of the molecule is Cl.O[C@H]1CCN([C@H]2CCCC[C@@H]2OCCc2ccccc2Br)C1. The highest BCUT2D eigenvalue weighted by Gasteiger charge is 2.34. The van der Waals surface area contributed by atoms with Gasteiger partial charge in [-0.05, 0) is 37.3 Å². The summed E-state index contributed by atoms with van der Waals surface area (Å²) in [6, 6.07) is 8.87. The third-order valence-electron chi connectivity index (χ3n) is 4.99. The molecule has 1 N–H and O–H groups in total. The lowest BCUT2D eigenvalue weighted by Gasteiger charge is -2.37. The number of likely N-dealkylation sites (tertiary alicyclic amines) is 1. The van der Waals surface area contributed by atoms with Crippen molar-refractivity contribution >= 4 is 28.3 Å². The fraction of sp³-hybridized carbons (Fsp3) is 0.667. The number of ether oxygens (including phenoxy) is 1. The summed E-state index contributed by atoms with van der Waals surface area (Å²) in [5.41, 5.74) is 1.31. The fourth-order valence-electron chi connectivity index (χ4n) is 3.78. The molecule has 5 heteroatoms. The molecule has 1 aliphatic heterocycles. The van der Waals surface area contributed by atoms with Crippen LogP contribution in [0.4, 0.5) is 0 Å². The first kappa shape index (κ1) is 19.2. The molecule has 1 saturated heterocycles. The molecule has 1 saturated carbocycles. The lowest BCUT2D eigenvalue weighted by atomic mass is 9.91. The molecule has 1 aromatic carbocycles. The van der Waals surface area contributed by atoms with Crippen LogP contribution in [0.5, 0.6) is 0 Å². The minimum atomic E-state index is -0.136. The summed E-state index contributed by atoms with van der Waals surface area (Å²) in [6.45, 7) is 2.63. The molecule has 2 aliphatic rings. The van der Waals surface area contributed by atoms with Gasteiger partial charge in [-0.3, -0.25) is 4.90 Å². The van der Waals surface area contributed by atoms with Gasteiger partial charge in [0.1, 0.15) is 0 Å². The quantitative estimate of drug-likeness (QED) is 0.810. The number of hydrogen-bond acceptors (Lipinski definition) is 3. The molecule has 23 heavy (non-hydrogen) atoms. The zero-order valence-corrected chi connectivity index (χ0v) is 15.9. The van der Waals surface area contributed by atoms with Crippen molar-refractivity contribution in [1.82, 2.24) is 4.90 Å². The average molecular weight is 405 g/mol. The molecule has 3 nitrogen and oxygen atoms in total. The summed E-state index contributed by atoms with van der Waals surface area (Å²) < 4.78 is 7.43. The number of benzene rings is 1. The van der Waals surface area contributed by atoms with Crippen LogP contribution in [0.1, 0.15) is 37.7 Å². The van der Waals surface area contributed by atoms with Crippen molar-refractivity contribution in [1.29, 1.82) is 0 Å². The molecule has 0 spiro atoms. The molecule has 0 amide bonds. The minimum absolute atomic E-state index is 0. The molecular weight excluding hydrogens is 378 g/mol. The molecule has 0 radical (unpaired) electrons. The van der Waals surface area contributed by atoms with Crippen LogP contribution in [0.25, 0.3) is 0 Å². The van der Waals surface area contributed by atoms with Crippen molar-refractivity contribution in [3.8, 4) is 0 Å². The van der Waals surface area contributed by atoms with E-state index in [9.17, 15) is 5.11 Å². The van der Waals surface area contributed by atoms with Gasteiger partial charge >= 0.3 is 0 Å². The largest absolute Gasteiger partial charge is 0.392 e. The van der Waals surface area contributed by atoms with E-state index in [-0.39, 0.29) is 18.5 Å². The summed E-state index contributed by atoms with van der Waals surface area (Å²) in [5.74, 6) is 0. The normalized spacial score (nSPS) is 28.5. The number of hydrogen-bond donors (Lipinski definition) is 1. The first-order valence-corrected chi connectivity index (χ1v) is 9.30. The number of aliphatic hydroxyl groups excluding tert-OH is 1. The molecule has 130 valence electrons. The van der Waals surface area contributed by atoms with Gasteiger partial charge in [-0.1, -0.05) is 47.0 Å². The van der Waals surface area contributed by atoms with Gasteiger partial charge in [0.2, 0.25) is 0 Å². The maximum Gasteiger partial charge on any atom is 0.0730 e. The number of halogens is 2. The van der Waals surface area contributed by atoms with Crippen LogP contribution < -0.4 is 0 Å². The van der Waals surface area contributed by atoms with Crippen molar-refractivity contribution < 1.29 is 9.84 Å². The molecule has 0 unspecified atom stereocenters. The third-order valence-corrected chi connectivity index (χ3v) is 5.77. The second-order valence-electron chi connectivity index (χ2n) is 6.54. The molecule has 1 aromatic rings. The molecule has 0 aromatic heterocycles. The van der Waals surface area contributed by atoms with E-state index in [1.54, 1.807) is 0 Å². The van der Waals surface area contributed by atoms with Crippen LogP contribution in [0.2, 0.25) is 0 Å². The van der Waals surface area contributed by atoms with Crippen molar-refractivity contribution in [2.45, 2.75) is 56.8 Å². The molecule has 0 bridgehead atoms. The second kappa shape index (κ2) is 9.38. The lowest BCUT2D eigenvalue weighted by Crippen LogP contribution is -2.46. The zero-order chi connectivity index (χ0) is 15.4. The van der Waals surface area contributed by atoms with Gasteiger partial charge in [-0.25, -0.2) is 0 Å². The maximum atomic E-state index is 9.78. The van der Waals surface area contributed by atoms with Gasteiger partial charge < -0.3 is 9.84 Å². The fourth-order valence-corrected chi connectivity index (χ4v) is 4.26. The van der Waals surface area contributed by atoms with Crippen LogP contribution in [0.3, 0.4) is 0 Å². The minimum Gasteiger partial charge on any atom is -0.392 e. The summed E-state index contributed by atoms with van der Waals surface area (Å²) >= 11 is 3.60. The average Bonchev–Trinajstić information content (AvgIpc) is 2.96. The Kier molecular flexibility index (Phi) is 7.83. The first-order chi connectivity index (χ1) is 10.7. The molecule has 3 rings (SSSR count). The van der Waals surface area contributed by atoms with E-state index in [4.69, 9.17) is 4.74 Å². The summed E-state index contributed by atoms with van der Waals surface area (Å²) in [4.78, 5) is 2.45. The van der Waals surface area contributed by atoms with E-state index >= 15 is 0 Å². The summed E-state index contributed by atoms with van der Waals surface area (Å²) in [7, 11) is 0. The predicted molar refractivity (Wildman–Crippen MR) is 99.3 cm³/mol. The smallest absolute Gasteiger partial charge is 0.0730 e. The Morgan fingerprint density at radius 3 is 2.70 bits per heavy atom. The van der Waals surface area contributed by atoms with Crippen molar-refractivity contribution in [3.63, 3.8) is 0 Å². The maximum absolute atomic E-state index is 9.78. The number of nitrogens with zero attached hydrogens (tertiary/aromatic N) is 1. The van der Waals surface area contributed by atoms with E-state index in [0.29, 0.717) is 12.1 Å². The second-order valence-corrected chi connectivity index (χ2v) is 7.39. The predicted octanol–water partition coefficient (Wildman–Crippen LogP) is 3.81. The summed E-state index contributed by atoms with van der Waals surface area (Å²) in [5, 5.41) is 9.78. The van der Waals surface area contributed by atoms with Crippen LogP contribution in [-0.2, 0) is 11.2 Å². The lowest BCUT2D eigenvalue weighted by molar-refractivity contribution is -0.0316. The Morgan fingerprint density at radius 2 is 1.96 bits per heavy atom. The Hall–Kier alpha value is -0.130. The van der Waals surface area contributed by atoms with Gasteiger partial charge in [0.05, 0.1) is 18.8 Å². The highest BCUT2D eigenvalue weighted by molar-refractivity contribution is 9.10. The molecular formula is C18H27BrClNO2. The van der Waals surface area contributed by atoms with E-state index in [1.807, 2.05) is 6.07 Å². The molecule has 2 fully saturated rings. The van der Waals surface area contributed by atoms with Crippen LogP contribution in [0.15, 0.2) is 28.7 Å². The molecule has 3 atom stereocenters. The number of β-amino-alcohol motifs (C(OH)–C–C–N with tert-alkyl or cyclic N) is 1. The highest BCUT2D eigenvalue weighted by atomic mass is 79.9. The number of aliphatic hydroxyl groups is 1. The topological polar surface area (TPSA) is 32.7 Å².